The minimum absolute atomic E-state index is 0.0958. The Hall–Kier alpha value is -1.66. The molecule has 0 fully saturated rings. The molecule has 0 saturated carbocycles. The lowest BCUT2D eigenvalue weighted by Gasteiger charge is -2.19. The smallest absolute Gasteiger partial charge is 0.304 e. The van der Waals surface area contributed by atoms with Crippen LogP contribution in [0.1, 0.15) is 16.8 Å². The molecule has 2 atom stereocenters. The molecule has 1 aromatic rings. The maximum atomic E-state index is 12.7. The molecule has 2 N–H and O–H groups in total. The van der Waals surface area contributed by atoms with Gasteiger partial charge in [-0.3, -0.25) is 9.59 Å². The van der Waals surface area contributed by atoms with Crippen molar-refractivity contribution < 1.29 is 28.6 Å². The number of aliphatic hydroxyl groups excluding tert-OH is 2. The van der Waals surface area contributed by atoms with E-state index in [0.717, 1.165) is 0 Å². The first kappa shape index (κ1) is 14.4. The average Bonchev–Trinajstić information content (AvgIpc) is 2.37. The Balaban J connectivity index is 2.73. The maximum absolute atomic E-state index is 12.7. The molecule has 0 aromatic heterocycles. The van der Waals surface area contributed by atoms with Crippen LogP contribution in [0.5, 0.6) is 0 Å². The third-order valence-electron chi connectivity index (χ3n) is 2.35. The van der Waals surface area contributed by atoms with Gasteiger partial charge < -0.3 is 10.2 Å². The van der Waals surface area contributed by atoms with Crippen molar-refractivity contribution in [3.8, 4) is 0 Å². The summed E-state index contributed by atoms with van der Waals surface area (Å²) in [6.45, 7) is 0. The molecule has 1 rings (SSSR count). The predicted octanol–water partition coefficient (Wildman–Crippen LogP) is 0.815. The van der Waals surface area contributed by atoms with Gasteiger partial charge in [0.1, 0.15) is 6.10 Å². The number of aldehydes is 1. The molecular formula is C12H12F2O4. The zero-order chi connectivity index (χ0) is 13.8. The minimum atomic E-state index is -3.77. The summed E-state index contributed by atoms with van der Waals surface area (Å²) in [6, 6.07) is 7.48. The van der Waals surface area contributed by atoms with Gasteiger partial charge in [0, 0.05) is 12.0 Å². The zero-order valence-electron chi connectivity index (χ0n) is 9.29. The van der Waals surface area contributed by atoms with Crippen molar-refractivity contribution >= 4 is 12.1 Å². The molecule has 0 aliphatic carbocycles. The Kier molecular flexibility index (Phi) is 4.63. The number of hydrogen-bond acceptors (Lipinski definition) is 4. The zero-order valence-corrected chi connectivity index (χ0v) is 9.29. The van der Waals surface area contributed by atoms with Crippen LogP contribution in [0.2, 0.25) is 0 Å². The van der Waals surface area contributed by atoms with E-state index in [-0.39, 0.29) is 5.56 Å². The number of aliphatic hydroxyl groups is 2. The predicted molar refractivity (Wildman–Crippen MR) is 58.4 cm³/mol. The van der Waals surface area contributed by atoms with Crippen LogP contribution < -0.4 is 0 Å². The molecule has 1 aromatic carbocycles. The standard InChI is InChI=1S/C12H12F2O4/c13-12(14,7-15)6-9(16)11(18)10(17)8-4-2-1-3-5-8/h1-5,7,9,11,16,18H,6H2/t9-,11?/m0/s1. The lowest BCUT2D eigenvalue weighted by atomic mass is 9.98. The summed E-state index contributed by atoms with van der Waals surface area (Å²) in [7, 11) is 0. The van der Waals surface area contributed by atoms with E-state index in [0.29, 0.717) is 0 Å². The Bertz CT molecular complexity index is 419. The maximum Gasteiger partial charge on any atom is 0.304 e. The molecule has 0 radical (unpaired) electrons. The van der Waals surface area contributed by atoms with E-state index in [1.807, 2.05) is 0 Å². The van der Waals surface area contributed by atoms with Gasteiger partial charge in [-0.1, -0.05) is 30.3 Å². The van der Waals surface area contributed by atoms with E-state index in [1.54, 1.807) is 6.07 Å². The fourth-order valence-corrected chi connectivity index (χ4v) is 1.39. The van der Waals surface area contributed by atoms with E-state index in [4.69, 9.17) is 0 Å². The second kappa shape index (κ2) is 5.79. The summed E-state index contributed by atoms with van der Waals surface area (Å²) in [5, 5.41) is 18.8. The number of alkyl halides is 2. The van der Waals surface area contributed by atoms with Gasteiger partial charge in [-0.25, -0.2) is 0 Å². The topological polar surface area (TPSA) is 74.6 Å². The lowest BCUT2D eigenvalue weighted by Crippen LogP contribution is -2.38. The highest BCUT2D eigenvalue weighted by Crippen LogP contribution is 2.20. The molecule has 0 amide bonds. The summed E-state index contributed by atoms with van der Waals surface area (Å²) in [4.78, 5) is 21.6. The van der Waals surface area contributed by atoms with Gasteiger partial charge in [0.15, 0.2) is 12.1 Å². The molecule has 0 bridgehead atoms. The van der Waals surface area contributed by atoms with Crippen molar-refractivity contribution in [1.82, 2.24) is 0 Å². The first-order chi connectivity index (χ1) is 8.37. The fourth-order valence-electron chi connectivity index (χ4n) is 1.39. The molecule has 0 saturated heterocycles. The molecule has 1 unspecified atom stereocenters. The number of carbonyl (C=O) groups is 2. The van der Waals surface area contributed by atoms with Gasteiger partial charge in [0.25, 0.3) is 0 Å². The summed E-state index contributed by atoms with van der Waals surface area (Å²) >= 11 is 0. The molecule has 0 heterocycles. The van der Waals surface area contributed by atoms with Crippen molar-refractivity contribution in [3.05, 3.63) is 35.9 Å². The highest BCUT2D eigenvalue weighted by Gasteiger charge is 2.36. The summed E-state index contributed by atoms with van der Waals surface area (Å²) < 4.78 is 25.4. The van der Waals surface area contributed by atoms with E-state index in [1.165, 1.54) is 24.3 Å². The van der Waals surface area contributed by atoms with Crippen LogP contribution >= 0.6 is 0 Å². The van der Waals surface area contributed by atoms with Crippen molar-refractivity contribution in [1.29, 1.82) is 0 Å². The number of halogens is 2. The quantitative estimate of drug-likeness (QED) is 0.585. The number of Topliss-reactive ketones (excluding diaryl/α,β-unsaturated/α-hetero) is 1. The van der Waals surface area contributed by atoms with E-state index >= 15 is 0 Å². The molecule has 0 spiro atoms. The normalized spacial score (nSPS) is 14.9. The van der Waals surface area contributed by atoms with Gasteiger partial charge in [-0.2, -0.15) is 8.78 Å². The second-order valence-corrected chi connectivity index (χ2v) is 3.83. The van der Waals surface area contributed by atoms with E-state index in [2.05, 4.69) is 0 Å². The monoisotopic (exact) mass is 258 g/mol. The molecule has 98 valence electrons. The second-order valence-electron chi connectivity index (χ2n) is 3.83. The number of carbonyl (C=O) groups excluding carboxylic acids is 2. The van der Waals surface area contributed by atoms with Gasteiger partial charge in [0.05, 0.1) is 6.10 Å². The van der Waals surface area contributed by atoms with Crippen molar-refractivity contribution in [2.75, 3.05) is 0 Å². The molecule has 0 aliphatic rings. The summed E-state index contributed by atoms with van der Waals surface area (Å²) in [5.41, 5.74) is 0.0958. The Morgan fingerprint density at radius 2 is 1.83 bits per heavy atom. The van der Waals surface area contributed by atoms with Crippen LogP contribution in [0.15, 0.2) is 30.3 Å². The number of hydrogen-bond donors (Lipinski definition) is 2. The fraction of sp³-hybridized carbons (Fsp3) is 0.333. The van der Waals surface area contributed by atoms with E-state index in [9.17, 15) is 28.6 Å². The van der Waals surface area contributed by atoms with Gasteiger partial charge in [0.2, 0.25) is 0 Å². The highest BCUT2D eigenvalue weighted by atomic mass is 19.3. The Labute approximate surface area is 102 Å². The van der Waals surface area contributed by atoms with Gasteiger partial charge in [-0.05, 0) is 0 Å². The summed E-state index contributed by atoms with van der Waals surface area (Å²) in [5.74, 6) is -4.64. The SMILES string of the molecule is O=CC(F)(F)C[C@H](O)C(O)C(=O)c1ccccc1. The average molecular weight is 258 g/mol. The summed E-state index contributed by atoms with van der Waals surface area (Å²) in [6.07, 6.45) is -5.91. The number of benzene rings is 1. The van der Waals surface area contributed by atoms with Crippen molar-refractivity contribution in [2.24, 2.45) is 0 Å². The molecule has 18 heavy (non-hydrogen) atoms. The van der Waals surface area contributed by atoms with Crippen LogP contribution in [-0.2, 0) is 4.79 Å². The Morgan fingerprint density at radius 3 is 2.33 bits per heavy atom. The van der Waals surface area contributed by atoms with E-state index < -0.39 is 36.6 Å². The van der Waals surface area contributed by atoms with Crippen molar-refractivity contribution in [3.63, 3.8) is 0 Å². The number of ketones is 1. The molecule has 0 aliphatic heterocycles. The molecule has 4 nitrogen and oxygen atoms in total. The first-order valence-corrected chi connectivity index (χ1v) is 5.17. The van der Waals surface area contributed by atoms with Crippen LogP contribution in [-0.4, -0.2) is 40.4 Å². The minimum Gasteiger partial charge on any atom is -0.390 e. The van der Waals surface area contributed by atoms with Crippen LogP contribution in [0.25, 0.3) is 0 Å². The van der Waals surface area contributed by atoms with Gasteiger partial charge >= 0.3 is 5.92 Å². The third kappa shape index (κ3) is 3.68. The van der Waals surface area contributed by atoms with Crippen molar-refractivity contribution in [2.45, 2.75) is 24.6 Å². The van der Waals surface area contributed by atoms with Crippen LogP contribution in [0.3, 0.4) is 0 Å². The molecule has 6 heteroatoms. The van der Waals surface area contributed by atoms with Gasteiger partial charge in [-0.15, -0.1) is 0 Å². The highest BCUT2D eigenvalue weighted by molar-refractivity contribution is 5.99. The largest absolute Gasteiger partial charge is 0.390 e. The lowest BCUT2D eigenvalue weighted by molar-refractivity contribution is -0.135. The Morgan fingerprint density at radius 1 is 1.28 bits per heavy atom. The third-order valence-corrected chi connectivity index (χ3v) is 2.35. The van der Waals surface area contributed by atoms with Crippen LogP contribution in [0, 0.1) is 0 Å². The molecular weight excluding hydrogens is 246 g/mol. The first-order valence-electron chi connectivity index (χ1n) is 5.17. The van der Waals surface area contributed by atoms with Crippen LogP contribution in [0.4, 0.5) is 8.78 Å². The number of rotatable bonds is 6.